The van der Waals surface area contributed by atoms with Crippen molar-refractivity contribution in [2.45, 2.75) is 32.2 Å². The van der Waals surface area contributed by atoms with Crippen LogP contribution in [-0.4, -0.2) is 12.1 Å². The standard InChI is InChI=1S/C27H23IN2O2S/c28-20-12-10-19(11-13-20)23-15-14-21(32-23)17-30-27-25(22-8-4-5-9-24(22)33-27)26(31)29-16-18-6-2-1-3-7-18/h1-3,6-7,10-15,17H,4-5,8-9,16H2,(H,29,31). The van der Waals surface area contributed by atoms with Gasteiger partial charge in [0.05, 0.1) is 11.8 Å². The monoisotopic (exact) mass is 566 g/mol. The van der Waals surface area contributed by atoms with Crippen LogP contribution in [-0.2, 0) is 19.4 Å². The van der Waals surface area contributed by atoms with Crippen molar-refractivity contribution in [3.05, 3.63) is 97.6 Å². The Balaban J connectivity index is 1.39. The number of hydrogen-bond acceptors (Lipinski definition) is 4. The highest BCUT2D eigenvalue weighted by Crippen LogP contribution is 2.40. The molecule has 0 bridgehead atoms. The molecule has 0 spiro atoms. The van der Waals surface area contributed by atoms with Crippen LogP contribution in [0, 0.1) is 3.57 Å². The number of benzene rings is 2. The fourth-order valence-electron chi connectivity index (χ4n) is 4.06. The van der Waals surface area contributed by atoms with E-state index in [1.807, 2.05) is 54.6 Å². The third-order valence-corrected chi connectivity index (χ3v) is 7.66. The molecule has 4 nitrogen and oxygen atoms in total. The quantitative estimate of drug-likeness (QED) is 0.199. The number of carbonyl (C=O) groups is 1. The smallest absolute Gasteiger partial charge is 0.254 e. The first kappa shape index (κ1) is 22.1. The van der Waals surface area contributed by atoms with E-state index in [1.165, 1.54) is 20.4 Å². The summed E-state index contributed by atoms with van der Waals surface area (Å²) in [6.45, 7) is 0.505. The Hall–Kier alpha value is -2.71. The van der Waals surface area contributed by atoms with Crippen molar-refractivity contribution in [1.82, 2.24) is 5.32 Å². The lowest BCUT2D eigenvalue weighted by molar-refractivity contribution is 0.0951. The lowest BCUT2D eigenvalue weighted by Gasteiger charge is -2.12. The summed E-state index contributed by atoms with van der Waals surface area (Å²) in [5.41, 5.74) is 4.01. The third-order valence-electron chi connectivity index (χ3n) is 5.74. The molecule has 1 N–H and O–H groups in total. The molecule has 5 rings (SSSR count). The number of thiophene rings is 1. The molecule has 0 saturated heterocycles. The van der Waals surface area contributed by atoms with Crippen LogP contribution in [0.1, 0.15) is 45.0 Å². The number of nitrogens with one attached hydrogen (secondary N) is 1. The Morgan fingerprint density at radius 3 is 2.64 bits per heavy atom. The van der Waals surface area contributed by atoms with Crippen LogP contribution in [0.3, 0.4) is 0 Å². The number of fused-ring (bicyclic) bond motifs is 1. The van der Waals surface area contributed by atoms with Crippen molar-refractivity contribution >= 4 is 51.1 Å². The number of aryl methyl sites for hydroxylation is 1. The molecule has 0 atom stereocenters. The first-order chi connectivity index (χ1) is 16.2. The van der Waals surface area contributed by atoms with Crippen LogP contribution < -0.4 is 5.32 Å². The molecule has 0 fully saturated rings. The van der Waals surface area contributed by atoms with Gasteiger partial charge in [-0.15, -0.1) is 11.3 Å². The van der Waals surface area contributed by atoms with Gasteiger partial charge in [0.25, 0.3) is 5.91 Å². The van der Waals surface area contributed by atoms with Gasteiger partial charge in [-0.25, -0.2) is 4.99 Å². The SMILES string of the molecule is O=C(NCc1ccccc1)c1c(N=Cc2ccc(-c3ccc(I)cc3)o2)sc2c1CCCC2. The van der Waals surface area contributed by atoms with Crippen molar-refractivity contribution in [2.75, 3.05) is 0 Å². The summed E-state index contributed by atoms with van der Waals surface area (Å²) in [7, 11) is 0. The van der Waals surface area contributed by atoms with Crippen LogP contribution in [0.5, 0.6) is 0 Å². The molecule has 6 heteroatoms. The zero-order valence-corrected chi connectivity index (χ0v) is 21.0. The largest absolute Gasteiger partial charge is 0.455 e. The van der Waals surface area contributed by atoms with Gasteiger partial charge in [0.15, 0.2) is 0 Å². The minimum absolute atomic E-state index is 0.0515. The van der Waals surface area contributed by atoms with Crippen molar-refractivity contribution in [1.29, 1.82) is 0 Å². The maximum atomic E-state index is 13.2. The van der Waals surface area contributed by atoms with Crippen molar-refractivity contribution in [3.8, 4) is 11.3 Å². The number of amides is 1. The van der Waals surface area contributed by atoms with Gasteiger partial charge in [-0.1, -0.05) is 42.5 Å². The summed E-state index contributed by atoms with van der Waals surface area (Å²) in [6.07, 6.45) is 5.96. The van der Waals surface area contributed by atoms with Gasteiger partial charge >= 0.3 is 0 Å². The summed E-state index contributed by atoms with van der Waals surface area (Å²) < 4.78 is 7.18. The summed E-state index contributed by atoms with van der Waals surface area (Å²) in [4.78, 5) is 19.2. The number of halogens is 1. The van der Waals surface area contributed by atoms with Gasteiger partial charge in [0.1, 0.15) is 16.5 Å². The summed E-state index contributed by atoms with van der Waals surface area (Å²) in [6, 6.07) is 22.1. The predicted molar refractivity (Wildman–Crippen MR) is 143 cm³/mol. The maximum Gasteiger partial charge on any atom is 0.254 e. The van der Waals surface area contributed by atoms with E-state index >= 15 is 0 Å². The van der Waals surface area contributed by atoms with E-state index in [9.17, 15) is 4.79 Å². The number of hydrogen-bond donors (Lipinski definition) is 1. The van der Waals surface area contributed by atoms with Crippen LogP contribution in [0.25, 0.3) is 11.3 Å². The minimum Gasteiger partial charge on any atom is -0.455 e. The zero-order valence-electron chi connectivity index (χ0n) is 18.0. The summed E-state index contributed by atoms with van der Waals surface area (Å²) in [5, 5.41) is 3.85. The summed E-state index contributed by atoms with van der Waals surface area (Å²) in [5.74, 6) is 1.43. The molecule has 1 aliphatic rings. The van der Waals surface area contributed by atoms with Gasteiger partial charge in [-0.05, 0) is 83.7 Å². The number of furan rings is 1. The van der Waals surface area contributed by atoms with E-state index in [4.69, 9.17) is 9.41 Å². The topological polar surface area (TPSA) is 54.6 Å². The fourth-order valence-corrected chi connectivity index (χ4v) is 5.65. The van der Waals surface area contributed by atoms with Gasteiger partial charge in [-0.3, -0.25) is 4.79 Å². The Bertz CT molecular complexity index is 1290. The molecule has 0 saturated carbocycles. The first-order valence-electron chi connectivity index (χ1n) is 11.0. The van der Waals surface area contributed by atoms with Gasteiger partial charge in [0.2, 0.25) is 0 Å². The zero-order chi connectivity index (χ0) is 22.6. The fraction of sp³-hybridized carbons (Fsp3) is 0.185. The van der Waals surface area contributed by atoms with Crippen LogP contribution in [0.2, 0.25) is 0 Å². The number of rotatable bonds is 6. The number of carbonyl (C=O) groups excluding carboxylic acids is 1. The first-order valence-corrected chi connectivity index (χ1v) is 12.9. The average Bonchev–Trinajstić information content (AvgIpc) is 3.47. The van der Waals surface area contributed by atoms with Crippen LogP contribution in [0.4, 0.5) is 5.00 Å². The van der Waals surface area contributed by atoms with Gasteiger partial charge in [0, 0.05) is 20.6 Å². The average molecular weight is 566 g/mol. The van der Waals surface area contributed by atoms with Crippen molar-refractivity contribution in [3.63, 3.8) is 0 Å². The molecule has 1 aliphatic carbocycles. The Morgan fingerprint density at radius 1 is 1.03 bits per heavy atom. The van der Waals surface area contributed by atoms with Crippen LogP contribution >= 0.6 is 33.9 Å². The second kappa shape index (κ2) is 10.1. The third kappa shape index (κ3) is 5.12. The molecule has 2 aromatic carbocycles. The Kier molecular flexibility index (Phi) is 6.73. The molecule has 4 aromatic rings. The highest BCUT2D eigenvalue weighted by Gasteiger charge is 2.25. The molecule has 0 aliphatic heterocycles. The highest BCUT2D eigenvalue weighted by atomic mass is 127. The van der Waals surface area contributed by atoms with E-state index < -0.39 is 0 Å². The van der Waals surface area contributed by atoms with Gasteiger partial charge in [-0.2, -0.15) is 0 Å². The Morgan fingerprint density at radius 2 is 1.82 bits per heavy atom. The molecular formula is C27H23IN2O2S. The molecule has 2 heterocycles. The normalized spacial score (nSPS) is 13.2. The lowest BCUT2D eigenvalue weighted by Crippen LogP contribution is -2.24. The predicted octanol–water partition coefficient (Wildman–Crippen LogP) is 7.17. The van der Waals surface area contributed by atoms with E-state index in [0.29, 0.717) is 12.3 Å². The lowest BCUT2D eigenvalue weighted by atomic mass is 9.95. The molecule has 1 amide bonds. The molecule has 0 unspecified atom stereocenters. The van der Waals surface area contributed by atoms with Gasteiger partial charge < -0.3 is 9.73 Å². The molecule has 166 valence electrons. The maximum absolute atomic E-state index is 13.2. The molecule has 33 heavy (non-hydrogen) atoms. The Labute approximate surface area is 210 Å². The second-order valence-corrected chi connectivity index (χ2v) is 10.4. The molecular weight excluding hydrogens is 543 g/mol. The van der Waals surface area contributed by atoms with E-state index in [2.05, 4.69) is 40.0 Å². The van der Waals surface area contributed by atoms with Crippen molar-refractivity contribution < 1.29 is 9.21 Å². The minimum atomic E-state index is -0.0515. The number of aliphatic imine (C=N–C) groups is 1. The second-order valence-electron chi connectivity index (χ2n) is 8.03. The number of nitrogens with zero attached hydrogens (tertiary/aromatic N) is 1. The van der Waals surface area contributed by atoms with E-state index in [1.54, 1.807) is 17.6 Å². The summed E-state index contributed by atoms with van der Waals surface area (Å²) >= 11 is 3.92. The van der Waals surface area contributed by atoms with E-state index in [-0.39, 0.29) is 5.91 Å². The molecule has 2 aromatic heterocycles. The van der Waals surface area contributed by atoms with E-state index in [0.717, 1.165) is 46.7 Å². The molecule has 0 radical (unpaired) electrons. The highest BCUT2D eigenvalue weighted by molar-refractivity contribution is 14.1. The van der Waals surface area contributed by atoms with Crippen molar-refractivity contribution in [2.24, 2.45) is 4.99 Å². The van der Waals surface area contributed by atoms with Crippen LogP contribution in [0.15, 0.2) is 76.1 Å².